The Hall–Kier alpha value is -3.74. The summed E-state index contributed by atoms with van der Waals surface area (Å²) in [5, 5.41) is 0.958. The van der Waals surface area contributed by atoms with Crippen molar-refractivity contribution in [1.29, 1.82) is 0 Å². The molecule has 0 aliphatic carbocycles. The summed E-state index contributed by atoms with van der Waals surface area (Å²) in [4.78, 5) is 29.9. The molecule has 0 spiro atoms. The minimum atomic E-state index is -0.639. The van der Waals surface area contributed by atoms with Gasteiger partial charge in [-0.3, -0.25) is 9.78 Å². The van der Waals surface area contributed by atoms with Crippen molar-refractivity contribution in [3.63, 3.8) is 0 Å². The van der Waals surface area contributed by atoms with Gasteiger partial charge < -0.3 is 14.4 Å². The molecule has 3 aromatic rings. The SMILES string of the molecule is COc1ccc(CN(C)C(=O)COC(=O)/C=C/c2cccc3cccnc23)cc1F. The van der Waals surface area contributed by atoms with Crippen molar-refractivity contribution in [3.05, 3.63) is 77.7 Å². The number of halogens is 1. The number of benzene rings is 2. The number of pyridine rings is 1. The number of rotatable bonds is 7. The summed E-state index contributed by atoms with van der Waals surface area (Å²) in [6.45, 7) is -0.235. The fourth-order valence-electron chi connectivity index (χ4n) is 2.88. The predicted molar refractivity (Wildman–Crippen MR) is 111 cm³/mol. The van der Waals surface area contributed by atoms with Gasteiger partial charge in [-0.2, -0.15) is 0 Å². The summed E-state index contributed by atoms with van der Waals surface area (Å²) < 4.78 is 23.7. The monoisotopic (exact) mass is 408 g/mol. The van der Waals surface area contributed by atoms with Crippen molar-refractivity contribution in [2.75, 3.05) is 20.8 Å². The van der Waals surface area contributed by atoms with Crippen LogP contribution >= 0.6 is 0 Å². The number of esters is 1. The number of fused-ring (bicyclic) bond motifs is 1. The Balaban J connectivity index is 1.54. The molecular formula is C23H21FN2O4. The maximum Gasteiger partial charge on any atom is 0.331 e. The summed E-state index contributed by atoms with van der Waals surface area (Å²) >= 11 is 0. The first-order valence-corrected chi connectivity index (χ1v) is 9.23. The second-order valence-electron chi connectivity index (χ2n) is 6.58. The third-order valence-electron chi connectivity index (χ3n) is 4.46. The van der Waals surface area contributed by atoms with Crippen LogP contribution in [0.1, 0.15) is 11.1 Å². The minimum absolute atomic E-state index is 0.134. The van der Waals surface area contributed by atoms with E-state index < -0.39 is 24.3 Å². The van der Waals surface area contributed by atoms with E-state index in [-0.39, 0.29) is 12.3 Å². The van der Waals surface area contributed by atoms with Gasteiger partial charge in [0.05, 0.1) is 12.6 Å². The van der Waals surface area contributed by atoms with Crippen molar-refractivity contribution in [2.45, 2.75) is 6.54 Å². The van der Waals surface area contributed by atoms with E-state index in [0.717, 1.165) is 16.5 Å². The van der Waals surface area contributed by atoms with Gasteiger partial charge in [0.15, 0.2) is 18.2 Å². The van der Waals surface area contributed by atoms with Crippen LogP contribution in [0.4, 0.5) is 4.39 Å². The Labute approximate surface area is 173 Å². The first-order valence-electron chi connectivity index (χ1n) is 9.23. The number of carbonyl (C=O) groups excluding carboxylic acids is 2. The maximum atomic E-state index is 13.8. The zero-order valence-corrected chi connectivity index (χ0v) is 16.7. The number of para-hydroxylation sites is 1. The van der Waals surface area contributed by atoms with Crippen LogP contribution in [0.15, 0.2) is 60.8 Å². The molecule has 1 amide bonds. The van der Waals surface area contributed by atoms with Crippen LogP contribution in [-0.4, -0.2) is 42.5 Å². The summed E-state index contributed by atoms with van der Waals surface area (Å²) in [5.74, 6) is -1.41. The van der Waals surface area contributed by atoms with Gasteiger partial charge in [-0.05, 0) is 29.8 Å². The lowest BCUT2D eigenvalue weighted by atomic mass is 10.1. The summed E-state index contributed by atoms with van der Waals surface area (Å²) in [7, 11) is 2.93. The third-order valence-corrected chi connectivity index (χ3v) is 4.46. The van der Waals surface area contributed by atoms with Crippen molar-refractivity contribution in [2.24, 2.45) is 0 Å². The average molecular weight is 408 g/mol. The molecule has 0 unspecified atom stereocenters. The molecule has 0 aliphatic rings. The van der Waals surface area contributed by atoms with Crippen molar-refractivity contribution >= 4 is 28.9 Å². The Bertz CT molecular complexity index is 1090. The molecule has 3 rings (SSSR count). The molecule has 0 fully saturated rings. The summed E-state index contributed by atoms with van der Waals surface area (Å²) in [6, 6.07) is 13.9. The van der Waals surface area contributed by atoms with Gasteiger partial charge in [-0.25, -0.2) is 9.18 Å². The Kier molecular flexibility index (Phi) is 6.75. The molecule has 30 heavy (non-hydrogen) atoms. The molecule has 7 heteroatoms. The van der Waals surface area contributed by atoms with Crippen molar-refractivity contribution in [1.82, 2.24) is 9.88 Å². The highest BCUT2D eigenvalue weighted by Gasteiger charge is 2.13. The second-order valence-corrected chi connectivity index (χ2v) is 6.58. The number of hydrogen-bond donors (Lipinski definition) is 0. The highest BCUT2D eigenvalue weighted by molar-refractivity contribution is 5.93. The Morgan fingerprint density at radius 1 is 1.17 bits per heavy atom. The predicted octanol–water partition coefficient (Wildman–Crippen LogP) is 3.60. The van der Waals surface area contributed by atoms with Gasteiger partial charge >= 0.3 is 5.97 Å². The lowest BCUT2D eigenvalue weighted by Gasteiger charge is -2.17. The number of nitrogens with zero attached hydrogens (tertiary/aromatic N) is 2. The number of ether oxygens (including phenoxy) is 2. The first-order chi connectivity index (χ1) is 14.5. The molecule has 154 valence electrons. The van der Waals surface area contributed by atoms with Crippen LogP contribution < -0.4 is 4.74 Å². The van der Waals surface area contributed by atoms with Crippen LogP contribution in [-0.2, 0) is 20.9 Å². The molecule has 0 saturated heterocycles. The number of carbonyl (C=O) groups is 2. The molecule has 0 bridgehead atoms. The van der Waals surface area contributed by atoms with Crippen LogP contribution in [0.2, 0.25) is 0 Å². The van der Waals surface area contributed by atoms with Crippen LogP contribution in [0.25, 0.3) is 17.0 Å². The van der Waals surface area contributed by atoms with Crippen LogP contribution in [0, 0.1) is 5.82 Å². The topological polar surface area (TPSA) is 68.7 Å². The Morgan fingerprint density at radius 3 is 2.73 bits per heavy atom. The molecule has 0 N–H and O–H groups in total. The van der Waals surface area contributed by atoms with Gasteiger partial charge in [0.1, 0.15) is 0 Å². The maximum absolute atomic E-state index is 13.8. The van der Waals surface area contributed by atoms with Gasteiger partial charge in [0, 0.05) is 36.8 Å². The number of aromatic nitrogens is 1. The van der Waals surface area contributed by atoms with E-state index in [9.17, 15) is 14.0 Å². The van der Waals surface area contributed by atoms with Crippen LogP contribution in [0.5, 0.6) is 5.75 Å². The molecule has 0 radical (unpaired) electrons. The van der Waals surface area contributed by atoms with Crippen LogP contribution in [0.3, 0.4) is 0 Å². The minimum Gasteiger partial charge on any atom is -0.494 e. The zero-order valence-electron chi connectivity index (χ0n) is 16.7. The quantitative estimate of drug-likeness (QED) is 0.441. The van der Waals surface area contributed by atoms with E-state index in [1.807, 2.05) is 30.3 Å². The highest BCUT2D eigenvalue weighted by Crippen LogP contribution is 2.19. The van der Waals surface area contributed by atoms with Crippen molar-refractivity contribution in [3.8, 4) is 5.75 Å². The zero-order chi connectivity index (χ0) is 21.5. The van der Waals surface area contributed by atoms with E-state index in [4.69, 9.17) is 9.47 Å². The summed E-state index contributed by atoms with van der Waals surface area (Å²) in [6.07, 6.45) is 4.54. The average Bonchev–Trinajstić information content (AvgIpc) is 2.76. The third kappa shape index (κ3) is 5.20. The lowest BCUT2D eigenvalue weighted by molar-refractivity contribution is -0.147. The lowest BCUT2D eigenvalue weighted by Crippen LogP contribution is -2.30. The van der Waals surface area contributed by atoms with E-state index in [1.165, 1.54) is 30.2 Å². The molecule has 0 aliphatic heterocycles. The largest absolute Gasteiger partial charge is 0.494 e. The molecule has 0 atom stereocenters. The standard InChI is InChI=1S/C23H21FN2O4/c1-26(14-16-8-10-20(29-2)19(24)13-16)21(27)15-30-22(28)11-9-18-6-3-5-17-7-4-12-25-23(17)18/h3-13H,14-15H2,1-2H3/b11-9+. The van der Waals surface area contributed by atoms with Gasteiger partial charge in [-0.1, -0.05) is 30.3 Å². The van der Waals surface area contributed by atoms with Gasteiger partial charge in [0.2, 0.25) is 0 Å². The van der Waals surface area contributed by atoms with E-state index >= 15 is 0 Å². The normalized spacial score (nSPS) is 10.9. The van der Waals surface area contributed by atoms with E-state index in [0.29, 0.717) is 5.56 Å². The number of amides is 1. The Morgan fingerprint density at radius 2 is 1.97 bits per heavy atom. The number of hydrogen-bond acceptors (Lipinski definition) is 5. The molecule has 1 heterocycles. The fourth-order valence-corrected chi connectivity index (χ4v) is 2.88. The van der Waals surface area contributed by atoms with Gasteiger partial charge in [-0.15, -0.1) is 0 Å². The highest BCUT2D eigenvalue weighted by atomic mass is 19.1. The molecule has 0 saturated carbocycles. The fraction of sp³-hybridized carbons (Fsp3) is 0.174. The molecular weight excluding hydrogens is 387 g/mol. The molecule has 6 nitrogen and oxygen atoms in total. The van der Waals surface area contributed by atoms with E-state index in [2.05, 4.69) is 4.98 Å². The van der Waals surface area contributed by atoms with E-state index in [1.54, 1.807) is 25.4 Å². The van der Waals surface area contributed by atoms with Crippen molar-refractivity contribution < 1.29 is 23.5 Å². The first kappa shape index (κ1) is 21.0. The smallest absolute Gasteiger partial charge is 0.331 e. The van der Waals surface area contributed by atoms with Gasteiger partial charge in [0.25, 0.3) is 5.91 Å². The number of likely N-dealkylation sites (N-methyl/N-ethyl adjacent to an activating group) is 1. The molecule has 1 aromatic heterocycles. The second kappa shape index (κ2) is 9.65. The molecule has 2 aromatic carbocycles. The number of methoxy groups -OCH3 is 1. The summed E-state index contributed by atoms with van der Waals surface area (Å²) in [5.41, 5.74) is 2.14.